The first-order chi connectivity index (χ1) is 19.1. The fourth-order valence-electron chi connectivity index (χ4n) is 5.86. The Bertz CT molecular complexity index is 1050. The highest BCUT2D eigenvalue weighted by atomic mass is 16.5. The minimum atomic E-state index is -0.514. The van der Waals surface area contributed by atoms with Crippen LogP contribution in [0.5, 0.6) is 5.75 Å². The smallest absolute Gasteiger partial charge is 0.142 e. The molecule has 1 saturated heterocycles. The van der Waals surface area contributed by atoms with Crippen LogP contribution in [0.2, 0.25) is 0 Å². The number of benzene rings is 2. The number of fused-ring (bicyclic) bond motifs is 1. The quantitative estimate of drug-likeness (QED) is 0.374. The number of nitrogens with one attached hydrogen (secondary N) is 1. The molecule has 2 aromatic rings. The summed E-state index contributed by atoms with van der Waals surface area (Å²) in [6.07, 6.45) is 1.93. The highest BCUT2D eigenvalue weighted by molar-refractivity contribution is 5.61. The van der Waals surface area contributed by atoms with Crippen molar-refractivity contribution in [2.45, 2.75) is 63.3 Å². The van der Waals surface area contributed by atoms with E-state index in [4.69, 9.17) is 23.7 Å². The van der Waals surface area contributed by atoms with Gasteiger partial charge in [0.2, 0.25) is 0 Å². The van der Waals surface area contributed by atoms with Crippen LogP contribution in [0.3, 0.4) is 0 Å². The predicted octanol–water partition coefficient (Wildman–Crippen LogP) is 3.50. The zero-order valence-corrected chi connectivity index (χ0v) is 23.5. The van der Waals surface area contributed by atoms with Crippen LogP contribution in [-0.2, 0) is 32.2 Å². The number of hydrogen-bond acceptors (Lipinski definition) is 8. The van der Waals surface area contributed by atoms with Gasteiger partial charge in [0.1, 0.15) is 12.4 Å². The zero-order chi connectivity index (χ0) is 27.2. The lowest BCUT2D eigenvalue weighted by atomic mass is 9.85. The van der Waals surface area contributed by atoms with Crippen LogP contribution in [0, 0.1) is 5.92 Å². The Hall–Kier alpha value is -2.20. The van der Waals surface area contributed by atoms with Gasteiger partial charge in [-0.1, -0.05) is 30.3 Å². The van der Waals surface area contributed by atoms with Crippen LogP contribution in [0.1, 0.15) is 42.4 Å². The topological polar surface area (TPSA) is 81.7 Å². The molecule has 3 aliphatic rings. The summed E-state index contributed by atoms with van der Waals surface area (Å²) in [6.45, 7) is 7.68. The van der Waals surface area contributed by atoms with E-state index in [-0.39, 0.29) is 18.1 Å². The number of anilines is 1. The van der Waals surface area contributed by atoms with Crippen LogP contribution >= 0.6 is 0 Å². The van der Waals surface area contributed by atoms with Crippen LogP contribution in [-0.4, -0.2) is 83.1 Å². The number of hydrogen-bond donors (Lipinski definition) is 2. The number of piperidine rings is 1. The molecule has 2 N–H and O–H groups in total. The average molecular weight is 541 g/mol. The SMILES string of the molecule is COCCCN1CCOc2ccc(CO[C@H]3CNC[C@@H](O)[C@@H]3c3ccc(COC(C)[C@@H]4C[C@@H]4OC)cc3)cc21. The van der Waals surface area contributed by atoms with E-state index in [0.29, 0.717) is 44.9 Å². The lowest BCUT2D eigenvalue weighted by Gasteiger charge is -2.36. The summed E-state index contributed by atoms with van der Waals surface area (Å²) in [5, 5.41) is 14.3. The van der Waals surface area contributed by atoms with E-state index in [0.717, 1.165) is 60.7 Å². The molecule has 8 heteroatoms. The molecule has 2 heterocycles. The average Bonchev–Trinajstić information content (AvgIpc) is 3.76. The highest BCUT2D eigenvalue weighted by Crippen LogP contribution is 2.38. The van der Waals surface area contributed by atoms with E-state index in [1.54, 1.807) is 14.2 Å². The van der Waals surface area contributed by atoms with Gasteiger partial charge in [-0.05, 0) is 48.6 Å². The van der Waals surface area contributed by atoms with Crippen molar-refractivity contribution >= 4 is 5.69 Å². The third-order valence-electron chi connectivity index (χ3n) is 8.30. The summed E-state index contributed by atoms with van der Waals surface area (Å²) in [5.74, 6) is 1.32. The summed E-state index contributed by atoms with van der Waals surface area (Å²) in [7, 11) is 3.51. The number of β-amino-alcohol motifs (C(OH)–C–C–N with tert-alkyl or cyclic N) is 1. The first-order valence-electron chi connectivity index (χ1n) is 14.3. The summed E-state index contributed by atoms with van der Waals surface area (Å²) in [6, 6.07) is 14.7. The van der Waals surface area contributed by atoms with E-state index in [1.165, 1.54) is 0 Å². The largest absolute Gasteiger partial charge is 0.490 e. The molecule has 2 aliphatic heterocycles. The van der Waals surface area contributed by atoms with Crippen molar-refractivity contribution in [3.8, 4) is 5.75 Å². The number of rotatable bonds is 13. The van der Waals surface area contributed by atoms with Crippen molar-refractivity contribution in [3.05, 3.63) is 59.2 Å². The number of aliphatic hydroxyl groups is 1. The van der Waals surface area contributed by atoms with Gasteiger partial charge in [-0.15, -0.1) is 0 Å². The van der Waals surface area contributed by atoms with E-state index in [1.807, 2.05) is 6.07 Å². The Balaban J connectivity index is 1.19. The van der Waals surface area contributed by atoms with Crippen LogP contribution in [0.15, 0.2) is 42.5 Å². The predicted molar refractivity (Wildman–Crippen MR) is 150 cm³/mol. The summed E-state index contributed by atoms with van der Waals surface area (Å²) < 4.78 is 29.1. The fourth-order valence-corrected chi connectivity index (χ4v) is 5.86. The Morgan fingerprint density at radius 2 is 1.87 bits per heavy atom. The number of ether oxygens (including phenoxy) is 5. The molecule has 0 amide bonds. The molecule has 2 fully saturated rings. The molecule has 6 atom stereocenters. The Kier molecular flexibility index (Phi) is 9.76. The van der Waals surface area contributed by atoms with E-state index in [2.05, 4.69) is 53.5 Å². The first-order valence-corrected chi connectivity index (χ1v) is 14.3. The Morgan fingerprint density at radius 1 is 1.05 bits per heavy atom. The van der Waals surface area contributed by atoms with Crippen molar-refractivity contribution in [2.24, 2.45) is 5.92 Å². The van der Waals surface area contributed by atoms with Gasteiger partial charge >= 0.3 is 0 Å². The van der Waals surface area contributed by atoms with Crippen LogP contribution in [0.25, 0.3) is 0 Å². The second-order valence-corrected chi connectivity index (χ2v) is 11.0. The van der Waals surface area contributed by atoms with E-state index in [9.17, 15) is 5.11 Å². The molecule has 5 rings (SSSR count). The second-order valence-electron chi connectivity index (χ2n) is 11.0. The Morgan fingerprint density at radius 3 is 2.64 bits per heavy atom. The minimum absolute atomic E-state index is 0.0967. The standard InChI is InChI=1S/C31H44N2O6/c1-21(25-16-29(25)36-3)38-19-22-5-8-24(9-6-22)31-27(34)17-32-18-30(31)39-20-23-7-10-28-26(15-23)33(12-14-37-28)11-4-13-35-2/h5-10,15,21,25,27,29-32,34H,4,11-14,16-20H2,1-3H3/t21?,25-,27+,29-,30-,31-/m0/s1. The van der Waals surface area contributed by atoms with Crippen molar-refractivity contribution in [3.63, 3.8) is 0 Å². The maximum Gasteiger partial charge on any atom is 0.142 e. The van der Waals surface area contributed by atoms with Gasteiger partial charge in [-0.3, -0.25) is 0 Å². The molecule has 1 unspecified atom stereocenters. The number of aliphatic hydroxyl groups excluding tert-OH is 1. The van der Waals surface area contributed by atoms with Gasteiger partial charge in [0.15, 0.2) is 0 Å². The van der Waals surface area contributed by atoms with Gasteiger partial charge < -0.3 is 39.0 Å². The first kappa shape index (κ1) is 28.3. The van der Waals surface area contributed by atoms with Gasteiger partial charge in [0.05, 0.1) is 49.9 Å². The third-order valence-corrected chi connectivity index (χ3v) is 8.30. The second kappa shape index (κ2) is 13.4. The van der Waals surface area contributed by atoms with E-state index < -0.39 is 6.10 Å². The number of methoxy groups -OCH3 is 2. The van der Waals surface area contributed by atoms with Crippen LogP contribution < -0.4 is 15.0 Å². The minimum Gasteiger partial charge on any atom is -0.490 e. The maximum absolute atomic E-state index is 10.9. The van der Waals surface area contributed by atoms with Crippen molar-refractivity contribution in [2.75, 3.05) is 58.5 Å². The van der Waals surface area contributed by atoms with Gasteiger partial charge in [0, 0.05) is 52.3 Å². The molecule has 0 radical (unpaired) electrons. The molecule has 8 nitrogen and oxygen atoms in total. The van der Waals surface area contributed by atoms with Gasteiger partial charge in [0.25, 0.3) is 0 Å². The summed E-state index contributed by atoms with van der Waals surface area (Å²) in [5.41, 5.74) is 4.44. The molecule has 0 spiro atoms. The maximum atomic E-state index is 10.9. The molecule has 0 aromatic heterocycles. The molecular weight excluding hydrogens is 496 g/mol. The lowest BCUT2D eigenvalue weighted by molar-refractivity contribution is -0.0328. The molecule has 2 aromatic carbocycles. The van der Waals surface area contributed by atoms with Crippen molar-refractivity contribution in [1.29, 1.82) is 0 Å². The Labute approximate surface area is 232 Å². The molecular formula is C31H44N2O6. The molecule has 1 aliphatic carbocycles. The molecule has 0 bridgehead atoms. The fraction of sp³-hybridized carbons (Fsp3) is 0.613. The summed E-state index contributed by atoms with van der Waals surface area (Å²) in [4.78, 5) is 2.36. The highest BCUT2D eigenvalue weighted by Gasteiger charge is 2.42. The molecule has 1 saturated carbocycles. The normalized spacial score (nSPS) is 27.1. The van der Waals surface area contributed by atoms with Gasteiger partial charge in [-0.2, -0.15) is 0 Å². The van der Waals surface area contributed by atoms with Crippen LogP contribution in [0.4, 0.5) is 5.69 Å². The molecule has 39 heavy (non-hydrogen) atoms. The lowest BCUT2D eigenvalue weighted by Crippen LogP contribution is -2.49. The van der Waals surface area contributed by atoms with Crippen molar-refractivity contribution in [1.82, 2.24) is 5.32 Å². The summed E-state index contributed by atoms with van der Waals surface area (Å²) >= 11 is 0. The molecule has 214 valence electrons. The third kappa shape index (κ3) is 7.12. The zero-order valence-electron chi connectivity index (χ0n) is 23.5. The van der Waals surface area contributed by atoms with Crippen molar-refractivity contribution < 1.29 is 28.8 Å². The van der Waals surface area contributed by atoms with Gasteiger partial charge in [-0.25, -0.2) is 0 Å². The van der Waals surface area contributed by atoms with E-state index >= 15 is 0 Å². The monoisotopic (exact) mass is 540 g/mol. The number of nitrogens with zero attached hydrogens (tertiary/aromatic N) is 1.